The van der Waals surface area contributed by atoms with Crippen molar-refractivity contribution < 1.29 is 4.74 Å². The first-order chi connectivity index (χ1) is 9.10. The van der Waals surface area contributed by atoms with E-state index in [1.807, 2.05) is 6.07 Å². The maximum Gasteiger partial charge on any atom is 0.124 e. The number of methoxy groups -OCH3 is 1. The molecule has 0 spiro atoms. The molecule has 2 nitrogen and oxygen atoms in total. The van der Waals surface area contributed by atoms with Crippen LogP contribution in [0.1, 0.15) is 29.7 Å². The fourth-order valence-electron chi connectivity index (χ4n) is 2.17. The Hall–Kier alpha value is -1.96. The summed E-state index contributed by atoms with van der Waals surface area (Å²) in [6.45, 7) is 6.34. The molecule has 1 unspecified atom stereocenters. The fraction of sp³-hybridized carbons (Fsp3) is 0.294. The van der Waals surface area contributed by atoms with E-state index in [1.165, 1.54) is 16.7 Å². The zero-order valence-electron chi connectivity index (χ0n) is 12.0. The summed E-state index contributed by atoms with van der Waals surface area (Å²) in [5.41, 5.74) is 4.82. The van der Waals surface area contributed by atoms with E-state index in [9.17, 15) is 0 Å². The van der Waals surface area contributed by atoms with Crippen LogP contribution in [-0.2, 0) is 0 Å². The van der Waals surface area contributed by atoms with Gasteiger partial charge in [-0.05, 0) is 39.0 Å². The van der Waals surface area contributed by atoms with Gasteiger partial charge in [0.15, 0.2) is 0 Å². The summed E-state index contributed by atoms with van der Waals surface area (Å²) >= 11 is 0. The molecule has 0 aliphatic rings. The Morgan fingerprint density at radius 1 is 0.947 bits per heavy atom. The van der Waals surface area contributed by atoms with Gasteiger partial charge in [-0.3, -0.25) is 0 Å². The Morgan fingerprint density at radius 2 is 1.58 bits per heavy atom. The summed E-state index contributed by atoms with van der Waals surface area (Å²) in [4.78, 5) is 0. The molecule has 100 valence electrons. The number of hydrogen-bond acceptors (Lipinski definition) is 2. The van der Waals surface area contributed by atoms with E-state index in [-0.39, 0.29) is 6.04 Å². The van der Waals surface area contributed by atoms with Crippen LogP contribution in [0, 0.1) is 13.8 Å². The second kappa shape index (κ2) is 5.79. The zero-order valence-corrected chi connectivity index (χ0v) is 12.0. The minimum absolute atomic E-state index is 0.206. The van der Waals surface area contributed by atoms with Crippen molar-refractivity contribution in [1.82, 2.24) is 0 Å². The van der Waals surface area contributed by atoms with Gasteiger partial charge in [-0.1, -0.05) is 35.4 Å². The molecule has 0 heterocycles. The number of hydrogen-bond donors (Lipinski definition) is 1. The molecule has 0 aromatic heterocycles. The molecule has 0 bridgehead atoms. The van der Waals surface area contributed by atoms with E-state index in [2.05, 4.69) is 62.5 Å². The van der Waals surface area contributed by atoms with Gasteiger partial charge in [0, 0.05) is 11.3 Å². The average Bonchev–Trinajstić information content (AvgIpc) is 2.41. The molecule has 1 atom stereocenters. The Labute approximate surface area is 115 Å². The number of nitrogens with one attached hydrogen (secondary N) is 1. The van der Waals surface area contributed by atoms with Gasteiger partial charge in [0.05, 0.1) is 13.2 Å². The van der Waals surface area contributed by atoms with Gasteiger partial charge in [0.1, 0.15) is 5.75 Å². The van der Waals surface area contributed by atoms with Crippen molar-refractivity contribution in [3.63, 3.8) is 0 Å². The first kappa shape index (κ1) is 13.5. The molecule has 0 amide bonds. The normalized spacial score (nSPS) is 12.0. The van der Waals surface area contributed by atoms with Crippen LogP contribution in [-0.4, -0.2) is 7.11 Å². The topological polar surface area (TPSA) is 21.3 Å². The Bertz CT molecular complexity index is 546. The van der Waals surface area contributed by atoms with Gasteiger partial charge in [0.25, 0.3) is 0 Å². The van der Waals surface area contributed by atoms with Gasteiger partial charge in [0.2, 0.25) is 0 Å². The Balaban J connectivity index is 2.21. The number of benzene rings is 2. The van der Waals surface area contributed by atoms with Crippen LogP contribution in [0.25, 0.3) is 0 Å². The molecule has 0 aliphatic carbocycles. The molecular formula is C17H21NO. The second-order valence-corrected chi connectivity index (χ2v) is 4.98. The van der Waals surface area contributed by atoms with Crippen molar-refractivity contribution in [2.75, 3.05) is 12.4 Å². The molecule has 2 rings (SSSR count). The third-order valence-corrected chi connectivity index (χ3v) is 3.29. The van der Waals surface area contributed by atoms with Crippen LogP contribution in [0.2, 0.25) is 0 Å². The lowest BCUT2D eigenvalue weighted by Gasteiger charge is -2.19. The van der Waals surface area contributed by atoms with Crippen LogP contribution in [0.5, 0.6) is 5.75 Å². The van der Waals surface area contributed by atoms with Gasteiger partial charge < -0.3 is 10.1 Å². The van der Waals surface area contributed by atoms with Crippen molar-refractivity contribution in [2.45, 2.75) is 26.8 Å². The van der Waals surface area contributed by atoms with Crippen molar-refractivity contribution in [3.05, 3.63) is 59.2 Å². The first-order valence-corrected chi connectivity index (χ1v) is 6.58. The third-order valence-electron chi connectivity index (χ3n) is 3.29. The van der Waals surface area contributed by atoms with Crippen LogP contribution in [0.4, 0.5) is 5.69 Å². The predicted octanol–water partition coefficient (Wildman–Crippen LogP) is 4.49. The van der Waals surface area contributed by atoms with Gasteiger partial charge in [-0.2, -0.15) is 0 Å². The highest BCUT2D eigenvalue weighted by atomic mass is 16.5. The molecule has 1 N–H and O–H groups in total. The van der Waals surface area contributed by atoms with Crippen LogP contribution < -0.4 is 10.1 Å². The molecule has 0 saturated heterocycles. The van der Waals surface area contributed by atoms with Crippen molar-refractivity contribution in [1.29, 1.82) is 0 Å². The first-order valence-electron chi connectivity index (χ1n) is 6.58. The molecule has 0 fully saturated rings. The summed E-state index contributed by atoms with van der Waals surface area (Å²) in [6.07, 6.45) is 0. The summed E-state index contributed by atoms with van der Waals surface area (Å²) in [5.74, 6) is 0.928. The minimum atomic E-state index is 0.206. The lowest BCUT2D eigenvalue weighted by molar-refractivity contribution is 0.408. The highest BCUT2D eigenvalue weighted by Gasteiger charge is 2.11. The fourth-order valence-corrected chi connectivity index (χ4v) is 2.17. The number of ether oxygens (including phenoxy) is 1. The Morgan fingerprint density at radius 3 is 2.21 bits per heavy atom. The highest BCUT2D eigenvalue weighted by Crippen LogP contribution is 2.28. The molecule has 0 radical (unpaired) electrons. The standard InChI is InChI=1S/C17H21NO/c1-12-5-8-15(9-6-12)18-14(3)16-11-13(2)7-10-17(16)19-4/h5-11,14,18H,1-4H3. The summed E-state index contributed by atoms with van der Waals surface area (Å²) < 4.78 is 5.44. The van der Waals surface area contributed by atoms with E-state index in [0.29, 0.717) is 0 Å². The number of rotatable bonds is 4. The SMILES string of the molecule is COc1ccc(C)cc1C(C)Nc1ccc(C)cc1. The molecular weight excluding hydrogens is 234 g/mol. The van der Waals surface area contributed by atoms with Crippen molar-refractivity contribution >= 4 is 5.69 Å². The summed E-state index contributed by atoms with van der Waals surface area (Å²) in [6, 6.07) is 14.9. The minimum Gasteiger partial charge on any atom is -0.496 e. The Kier molecular flexibility index (Phi) is 4.10. The van der Waals surface area contributed by atoms with Gasteiger partial charge in [-0.25, -0.2) is 0 Å². The molecule has 2 aromatic rings. The lowest BCUT2D eigenvalue weighted by atomic mass is 10.0. The van der Waals surface area contributed by atoms with E-state index < -0.39 is 0 Å². The van der Waals surface area contributed by atoms with Gasteiger partial charge >= 0.3 is 0 Å². The smallest absolute Gasteiger partial charge is 0.124 e. The van der Waals surface area contributed by atoms with E-state index in [0.717, 1.165) is 11.4 Å². The van der Waals surface area contributed by atoms with E-state index in [1.54, 1.807) is 7.11 Å². The van der Waals surface area contributed by atoms with Gasteiger partial charge in [-0.15, -0.1) is 0 Å². The monoisotopic (exact) mass is 255 g/mol. The molecule has 0 aliphatic heterocycles. The van der Waals surface area contributed by atoms with Crippen LogP contribution in [0.15, 0.2) is 42.5 Å². The number of anilines is 1. The summed E-state index contributed by atoms with van der Waals surface area (Å²) in [7, 11) is 1.72. The average molecular weight is 255 g/mol. The quantitative estimate of drug-likeness (QED) is 0.869. The maximum atomic E-state index is 5.44. The third kappa shape index (κ3) is 3.28. The highest BCUT2D eigenvalue weighted by molar-refractivity contribution is 5.49. The van der Waals surface area contributed by atoms with Crippen LogP contribution >= 0.6 is 0 Å². The van der Waals surface area contributed by atoms with Crippen LogP contribution in [0.3, 0.4) is 0 Å². The largest absolute Gasteiger partial charge is 0.496 e. The van der Waals surface area contributed by atoms with E-state index in [4.69, 9.17) is 4.74 Å². The lowest BCUT2D eigenvalue weighted by Crippen LogP contribution is -2.08. The van der Waals surface area contributed by atoms with Crippen molar-refractivity contribution in [3.8, 4) is 5.75 Å². The zero-order chi connectivity index (χ0) is 13.8. The second-order valence-electron chi connectivity index (χ2n) is 4.98. The molecule has 19 heavy (non-hydrogen) atoms. The molecule has 0 saturated carbocycles. The number of aryl methyl sites for hydroxylation is 2. The molecule has 2 heteroatoms. The summed E-state index contributed by atoms with van der Waals surface area (Å²) in [5, 5.41) is 3.51. The predicted molar refractivity (Wildman–Crippen MR) is 80.9 cm³/mol. The maximum absolute atomic E-state index is 5.44. The van der Waals surface area contributed by atoms with E-state index >= 15 is 0 Å². The molecule has 2 aromatic carbocycles. The van der Waals surface area contributed by atoms with Crippen molar-refractivity contribution in [2.24, 2.45) is 0 Å².